The maximum Gasteiger partial charge on any atom is 0.472 e. The minimum absolute atomic E-state index is 0.102. The third-order valence-corrected chi connectivity index (χ3v) is 18.1. The summed E-state index contributed by atoms with van der Waals surface area (Å²) in [6.07, 6.45) is 40.4. The van der Waals surface area contributed by atoms with Crippen molar-refractivity contribution in [1.82, 2.24) is 0 Å². The highest BCUT2D eigenvalue weighted by molar-refractivity contribution is 7.47. The molecule has 0 bridgehead atoms. The second kappa shape index (κ2) is 58.8. The van der Waals surface area contributed by atoms with Crippen LogP contribution in [0.15, 0.2) is 0 Å². The fourth-order valence-electron chi connectivity index (χ4n) is 10.3. The maximum absolute atomic E-state index is 13.0. The van der Waals surface area contributed by atoms with Crippen molar-refractivity contribution in [3.63, 3.8) is 0 Å². The standard InChI is InChI=1S/C69H134O17P2/c1-9-62(8)48-40-32-24-16-13-14-17-25-33-41-49-66(71)79-55-64(85-68(73)51-43-35-26-18-12-10-11-15-21-29-37-45-59(2)3)57-83-87(75,76)81-53-63(70)54-82-88(77,78)84-58-65(86-69(74)52-44-36-28-20-23-31-39-47-61(6)7)56-80-67(72)50-42-34-27-19-22-30-38-46-60(4)5/h59-65,70H,9-58H2,1-8H3,(H,75,76)(H,77,78)/t62?,63?,64-,65-/m1/s1. The molecule has 0 spiro atoms. The first-order valence-corrected chi connectivity index (χ1v) is 38.7. The molecule has 0 rings (SSSR count). The molecule has 3 N–H and O–H groups in total. The minimum Gasteiger partial charge on any atom is -0.462 e. The lowest BCUT2D eigenvalue weighted by molar-refractivity contribution is -0.161. The van der Waals surface area contributed by atoms with Crippen molar-refractivity contribution in [2.75, 3.05) is 39.6 Å². The molecule has 0 aromatic carbocycles. The van der Waals surface area contributed by atoms with Crippen LogP contribution in [0.25, 0.3) is 0 Å². The first-order chi connectivity index (χ1) is 42.1. The average molecular weight is 1300 g/mol. The van der Waals surface area contributed by atoms with Crippen LogP contribution in [0.1, 0.15) is 338 Å². The predicted molar refractivity (Wildman–Crippen MR) is 354 cm³/mol. The molecule has 0 aliphatic carbocycles. The van der Waals surface area contributed by atoms with Crippen LogP contribution in [0.4, 0.5) is 0 Å². The fourth-order valence-corrected chi connectivity index (χ4v) is 11.9. The van der Waals surface area contributed by atoms with Gasteiger partial charge in [-0.05, 0) is 49.4 Å². The number of phosphoric acid groups is 2. The molecule has 6 atom stereocenters. The van der Waals surface area contributed by atoms with Crippen LogP contribution in [0.3, 0.4) is 0 Å². The highest BCUT2D eigenvalue weighted by Crippen LogP contribution is 2.45. The lowest BCUT2D eigenvalue weighted by atomic mass is 9.99. The molecule has 522 valence electrons. The number of ether oxygens (including phenoxy) is 4. The topological polar surface area (TPSA) is 237 Å². The fraction of sp³-hybridized carbons (Fsp3) is 0.942. The molecule has 17 nitrogen and oxygen atoms in total. The SMILES string of the molecule is CCC(C)CCCCCCCCCCCCC(=O)OC[C@H](COP(=O)(O)OCC(O)COP(=O)(O)OC[C@@H](COC(=O)CCCCCCCCCC(C)C)OC(=O)CCCCCCCCCC(C)C)OC(=O)CCCCCCCCCCCCCC(C)C. The van der Waals surface area contributed by atoms with Gasteiger partial charge >= 0.3 is 39.5 Å². The molecule has 0 aromatic heterocycles. The van der Waals surface area contributed by atoms with Crippen LogP contribution in [-0.2, 0) is 65.4 Å². The van der Waals surface area contributed by atoms with Crippen LogP contribution < -0.4 is 0 Å². The van der Waals surface area contributed by atoms with Gasteiger partial charge in [-0.25, -0.2) is 9.13 Å². The largest absolute Gasteiger partial charge is 0.472 e. The summed E-state index contributed by atoms with van der Waals surface area (Å²) in [4.78, 5) is 72.5. The van der Waals surface area contributed by atoms with Crippen molar-refractivity contribution >= 4 is 39.5 Å². The van der Waals surface area contributed by atoms with E-state index >= 15 is 0 Å². The zero-order chi connectivity index (χ0) is 65.4. The van der Waals surface area contributed by atoms with Gasteiger partial charge in [0.1, 0.15) is 19.3 Å². The van der Waals surface area contributed by atoms with E-state index in [1.165, 1.54) is 135 Å². The predicted octanol–water partition coefficient (Wildman–Crippen LogP) is 19.3. The van der Waals surface area contributed by atoms with E-state index < -0.39 is 97.5 Å². The number of carbonyl (C=O) groups excluding carboxylic acids is 4. The quantitative estimate of drug-likeness (QED) is 0.0222. The van der Waals surface area contributed by atoms with Gasteiger partial charge in [-0.2, -0.15) is 0 Å². The molecule has 88 heavy (non-hydrogen) atoms. The van der Waals surface area contributed by atoms with Crippen molar-refractivity contribution < 1.29 is 80.2 Å². The van der Waals surface area contributed by atoms with Crippen LogP contribution in [-0.4, -0.2) is 96.7 Å². The highest BCUT2D eigenvalue weighted by Gasteiger charge is 2.30. The summed E-state index contributed by atoms with van der Waals surface area (Å²) in [5.41, 5.74) is 0. The van der Waals surface area contributed by atoms with E-state index in [4.69, 9.17) is 37.0 Å². The molecule has 0 heterocycles. The average Bonchev–Trinajstić information content (AvgIpc) is 3.67. The van der Waals surface area contributed by atoms with Gasteiger partial charge in [0.2, 0.25) is 0 Å². The molecule has 0 aliphatic heterocycles. The summed E-state index contributed by atoms with van der Waals surface area (Å²) in [5, 5.41) is 10.6. The number of carbonyl (C=O) groups is 4. The molecule has 0 saturated carbocycles. The Morgan fingerprint density at radius 2 is 0.545 bits per heavy atom. The summed E-state index contributed by atoms with van der Waals surface area (Å²) in [7, 11) is -9.90. The molecule has 4 unspecified atom stereocenters. The lowest BCUT2D eigenvalue weighted by Gasteiger charge is -2.21. The highest BCUT2D eigenvalue weighted by atomic mass is 31.2. The Morgan fingerprint density at radius 1 is 0.318 bits per heavy atom. The first kappa shape index (κ1) is 86.1. The number of hydrogen-bond donors (Lipinski definition) is 3. The normalized spacial score (nSPS) is 14.6. The minimum atomic E-state index is -4.95. The Morgan fingerprint density at radius 3 is 0.807 bits per heavy atom. The molecule has 0 saturated heterocycles. The van der Waals surface area contributed by atoms with Crippen LogP contribution in [0, 0.1) is 23.7 Å². The van der Waals surface area contributed by atoms with E-state index in [1.54, 1.807) is 0 Å². The van der Waals surface area contributed by atoms with Crippen LogP contribution in [0.2, 0.25) is 0 Å². The molecule has 0 amide bonds. The van der Waals surface area contributed by atoms with E-state index in [0.29, 0.717) is 37.5 Å². The van der Waals surface area contributed by atoms with Gasteiger partial charge in [0.05, 0.1) is 26.4 Å². The molecule has 0 radical (unpaired) electrons. The third kappa shape index (κ3) is 61.6. The number of hydrogen-bond acceptors (Lipinski definition) is 15. The Bertz CT molecular complexity index is 1750. The Labute approximate surface area is 537 Å². The van der Waals surface area contributed by atoms with Gasteiger partial charge in [0.15, 0.2) is 12.2 Å². The first-order valence-electron chi connectivity index (χ1n) is 35.7. The Kier molecular flexibility index (Phi) is 57.6. The zero-order valence-corrected chi connectivity index (χ0v) is 59.1. The Balaban J connectivity index is 5.26. The second-order valence-electron chi connectivity index (χ2n) is 26.6. The number of aliphatic hydroxyl groups is 1. The van der Waals surface area contributed by atoms with Crippen LogP contribution in [0.5, 0.6) is 0 Å². The van der Waals surface area contributed by atoms with E-state index in [1.807, 2.05) is 0 Å². The number of unbranched alkanes of at least 4 members (excludes halogenated alkanes) is 31. The maximum atomic E-state index is 13.0. The van der Waals surface area contributed by atoms with E-state index in [-0.39, 0.29) is 25.7 Å². The van der Waals surface area contributed by atoms with Gasteiger partial charge in [0.25, 0.3) is 0 Å². The molecule has 19 heteroatoms. The van der Waals surface area contributed by atoms with Gasteiger partial charge in [-0.3, -0.25) is 37.3 Å². The van der Waals surface area contributed by atoms with E-state index in [9.17, 15) is 43.2 Å². The monoisotopic (exact) mass is 1300 g/mol. The number of rotatable bonds is 66. The summed E-state index contributed by atoms with van der Waals surface area (Å²) >= 11 is 0. The number of aliphatic hydroxyl groups excluding tert-OH is 1. The Hall–Kier alpha value is -1.94. The van der Waals surface area contributed by atoms with Crippen molar-refractivity contribution in [2.24, 2.45) is 23.7 Å². The smallest absolute Gasteiger partial charge is 0.462 e. The van der Waals surface area contributed by atoms with E-state index in [2.05, 4.69) is 55.4 Å². The molecular weight excluding hydrogens is 1160 g/mol. The third-order valence-electron chi connectivity index (χ3n) is 16.2. The van der Waals surface area contributed by atoms with Crippen molar-refractivity contribution in [3.8, 4) is 0 Å². The van der Waals surface area contributed by atoms with Crippen LogP contribution >= 0.6 is 15.6 Å². The number of phosphoric ester groups is 2. The van der Waals surface area contributed by atoms with Crippen molar-refractivity contribution in [1.29, 1.82) is 0 Å². The van der Waals surface area contributed by atoms with Gasteiger partial charge in [0, 0.05) is 25.7 Å². The molecular formula is C69H134O17P2. The van der Waals surface area contributed by atoms with Gasteiger partial charge in [-0.15, -0.1) is 0 Å². The second-order valence-corrected chi connectivity index (χ2v) is 29.5. The summed E-state index contributed by atoms with van der Waals surface area (Å²) < 4.78 is 68.2. The van der Waals surface area contributed by atoms with Crippen molar-refractivity contribution in [2.45, 2.75) is 356 Å². The molecule has 0 aliphatic rings. The summed E-state index contributed by atoms with van der Waals surface area (Å²) in [5.74, 6) is 0.842. The lowest BCUT2D eigenvalue weighted by Crippen LogP contribution is -2.30. The zero-order valence-electron chi connectivity index (χ0n) is 57.3. The molecule has 0 aromatic rings. The van der Waals surface area contributed by atoms with E-state index in [0.717, 1.165) is 108 Å². The van der Waals surface area contributed by atoms with Gasteiger partial charge in [-0.1, -0.05) is 287 Å². The van der Waals surface area contributed by atoms with Crippen molar-refractivity contribution in [3.05, 3.63) is 0 Å². The van der Waals surface area contributed by atoms with Gasteiger partial charge < -0.3 is 33.8 Å². The summed E-state index contributed by atoms with van der Waals surface area (Å²) in [6, 6.07) is 0. The number of esters is 4. The summed E-state index contributed by atoms with van der Waals surface area (Å²) in [6.45, 7) is 14.0. The molecule has 0 fully saturated rings.